The van der Waals surface area contributed by atoms with Gasteiger partial charge in [-0.15, -0.1) is 0 Å². The summed E-state index contributed by atoms with van der Waals surface area (Å²) in [5, 5.41) is 4.17. The van der Waals surface area contributed by atoms with E-state index in [1.165, 1.54) is 4.68 Å². The molecule has 0 bridgehead atoms. The van der Waals surface area contributed by atoms with E-state index >= 15 is 0 Å². The molecule has 5 nitrogen and oxygen atoms in total. The number of nitrogens with zero attached hydrogens (tertiary/aromatic N) is 3. The van der Waals surface area contributed by atoms with Crippen LogP contribution in [0.1, 0.15) is 20.3 Å². The SMILES string of the molecule is CCn1ncc(N2CCC(C(C)N)C2)c(Br)c1=O. The zero-order chi connectivity index (χ0) is 13.3. The van der Waals surface area contributed by atoms with Crippen LogP contribution in [-0.4, -0.2) is 28.9 Å². The van der Waals surface area contributed by atoms with Crippen LogP contribution in [0, 0.1) is 5.92 Å². The van der Waals surface area contributed by atoms with Crippen molar-refractivity contribution in [2.75, 3.05) is 18.0 Å². The second kappa shape index (κ2) is 5.40. The second-order valence-corrected chi connectivity index (χ2v) is 5.61. The number of halogens is 1. The van der Waals surface area contributed by atoms with Gasteiger partial charge in [-0.2, -0.15) is 5.10 Å². The lowest BCUT2D eigenvalue weighted by molar-refractivity contribution is 0.488. The van der Waals surface area contributed by atoms with E-state index in [1.807, 2.05) is 13.8 Å². The molecule has 0 saturated carbocycles. The quantitative estimate of drug-likeness (QED) is 0.910. The zero-order valence-electron chi connectivity index (χ0n) is 10.8. The average Bonchev–Trinajstić information content (AvgIpc) is 2.82. The lowest BCUT2D eigenvalue weighted by Gasteiger charge is -2.21. The summed E-state index contributed by atoms with van der Waals surface area (Å²) in [5.41, 5.74) is 6.74. The Kier molecular flexibility index (Phi) is 4.07. The molecular weight excluding hydrogens is 296 g/mol. The summed E-state index contributed by atoms with van der Waals surface area (Å²) in [6.45, 7) is 6.36. The van der Waals surface area contributed by atoms with Crippen LogP contribution in [0.25, 0.3) is 0 Å². The first-order chi connectivity index (χ1) is 8.54. The summed E-state index contributed by atoms with van der Waals surface area (Å²) < 4.78 is 2.05. The predicted octanol–water partition coefficient (Wildman–Crippen LogP) is 1.20. The van der Waals surface area contributed by atoms with Crippen LogP contribution >= 0.6 is 15.9 Å². The van der Waals surface area contributed by atoms with Gasteiger partial charge in [0.1, 0.15) is 4.47 Å². The van der Waals surface area contributed by atoms with Crippen molar-refractivity contribution in [1.29, 1.82) is 0 Å². The molecule has 1 fully saturated rings. The number of hydrogen-bond acceptors (Lipinski definition) is 4. The number of anilines is 1. The Hall–Kier alpha value is -0.880. The lowest BCUT2D eigenvalue weighted by Crippen LogP contribution is -2.31. The number of aryl methyl sites for hydroxylation is 1. The maximum atomic E-state index is 12.0. The molecule has 2 N–H and O–H groups in total. The number of hydrogen-bond donors (Lipinski definition) is 1. The van der Waals surface area contributed by atoms with Crippen LogP contribution in [-0.2, 0) is 6.54 Å². The fraction of sp³-hybridized carbons (Fsp3) is 0.667. The molecule has 1 aliphatic heterocycles. The molecular formula is C12H19BrN4O. The summed E-state index contributed by atoms with van der Waals surface area (Å²) in [6, 6.07) is 0.192. The Morgan fingerprint density at radius 3 is 2.94 bits per heavy atom. The summed E-state index contributed by atoms with van der Waals surface area (Å²) in [6.07, 6.45) is 2.83. The Morgan fingerprint density at radius 1 is 1.67 bits per heavy atom. The van der Waals surface area contributed by atoms with Crippen molar-refractivity contribution in [2.45, 2.75) is 32.9 Å². The highest BCUT2D eigenvalue weighted by Gasteiger charge is 2.27. The number of rotatable bonds is 3. The molecule has 2 rings (SSSR count). The van der Waals surface area contributed by atoms with Gasteiger partial charge in [0.25, 0.3) is 5.56 Å². The Balaban J connectivity index is 2.26. The van der Waals surface area contributed by atoms with Crippen molar-refractivity contribution in [3.05, 3.63) is 21.0 Å². The minimum Gasteiger partial charge on any atom is -0.369 e. The molecule has 18 heavy (non-hydrogen) atoms. The maximum absolute atomic E-state index is 12.0. The molecule has 1 aromatic heterocycles. The average molecular weight is 315 g/mol. The van der Waals surface area contributed by atoms with Crippen molar-refractivity contribution in [3.63, 3.8) is 0 Å². The molecule has 0 spiro atoms. The third-order valence-corrected chi connectivity index (χ3v) is 4.32. The van der Waals surface area contributed by atoms with E-state index in [-0.39, 0.29) is 11.6 Å². The van der Waals surface area contributed by atoms with E-state index in [1.54, 1.807) is 6.20 Å². The normalized spacial score (nSPS) is 21.3. The third-order valence-electron chi connectivity index (χ3n) is 3.57. The predicted molar refractivity (Wildman–Crippen MR) is 75.8 cm³/mol. The first kappa shape index (κ1) is 13.5. The fourth-order valence-corrected chi connectivity index (χ4v) is 2.90. The molecule has 2 heterocycles. The summed E-state index contributed by atoms with van der Waals surface area (Å²) in [5.74, 6) is 0.491. The van der Waals surface area contributed by atoms with E-state index in [0.29, 0.717) is 16.9 Å². The van der Waals surface area contributed by atoms with Crippen LogP contribution in [0.4, 0.5) is 5.69 Å². The molecule has 2 unspecified atom stereocenters. The molecule has 2 atom stereocenters. The Labute approximate surface area is 115 Å². The van der Waals surface area contributed by atoms with E-state index < -0.39 is 0 Å². The van der Waals surface area contributed by atoms with Crippen LogP contribution in [0.2, 0.25) is 0 Å². The smallest absolute Gasteiger partial charge is 0.283 e. The highest BCUT2D eigenvalue weighted by molar-refractivity contribution is 9.10. The fourth-order valence-electron chi connectivity index (χ4n) is 2.34. The van der Waals surface area contributed by atoms with Crippen molar-refractivity contribution in [2.24, 2.45) is 11.7 Å². The van der Waals surface area contributed by atoms with Crippen LogP contribution < -0.4 is 16.2 Å². The Bertz CT molecular complexity index is 485. The minimum absolute atomic E-state index is 0.0701. The molecule has 0 amide bonds. The largest absolute Gasteiger partial charge is 0.369 e. The van der Waals surface area contributed by atoms with Gasteiger partial charge in [-0.05, 0) is 42.1 Å². The van der Waals surface area contributed by atoms with Gasteiger partial charge >= 0.3 is 0 Å². The highest BCUT2D eigenvalue weighted by Crippen LogP contribution is 2.28. The van der Waals surface area contributed by atoms with E-state index in [0.717, 1.165) is 25.2 Å². The molecule has 1 aromatic rings. The number of nitrogens with two attached hydrogens (primary N) is 1. The van der Waals surface area contributed by atoms with Crippen LogP contribution in [0.5, 0.6) is 0 Å². The third kappa shape index (κ3) is 2.44. The standard InChI is InChI=1S/C12H19BrN4O/c1-3-17-12(18)11(13)10(6-15-17)16-5-4-9(7-16)8(2)14/h6,8-9H,3-5,7,14H2,1-2H3. The van der Waals surface area contributed by atoms with E-state index in [2.05, 4.69) is 25.9 Å². The lowest BCUT2D eigenvalue weighted by atomic mass is 10.0. The summed E-state index contributed by atoms with van der Waals surface area (Å²) in [4.78, 5) is 14.2. The molecule has 1 aliphatic rings. The monoisotopic (exact) mass is 314 g/mol. The zero-order valence-corrected chi connectivity index (χ0v) is 12.4. The molecule has 0 aromatic carbocycles. The van der Waals surface area contributed by atoms with Gasteiger partial charge in [-0.3, -0.25) is 4.79 Å². The van der Waals surface area contributed by atoms with Gasteiger partial charge in [-0.1, -0.05) is 0 Å². The van der Waals surface area contributed by atoms with E-state index in [4.69, 9.17) is 5.73 Å². The van der Waals surface area contributed by atoms with Gasteiger partial charge in [0.2, 0.25) is 0 Å². The highest BCUT2D eigenvalue weighted by atomic mass is 79.9. The van der Waals surface area contributed by atoms with Crippen LogP contribution in [0.15, 0.2) is 15.5 Å². The first-order valence-corrected chi connectivity index (χ1v) is 7.10. The molecule has 6 heteroatoms. The van der Waals surface area contributed by atoms with Gasteiger partial charge in [0.15, 0.2) is 0 Å². The van der Waals surface area contributed by atoms with Crippen molar-refractivity contribution >= 4 is 21.6 Å². The van der Waals surface area contributed by atoms with Gasteiger partial charge in [-0.25, -0.2) is 4.68 Å². The van der Waals surface area contributed by atoms with Crippen molar-refractivity contribution < 1.29 is 0 Å². The van der Waals surface area contributed by atoms with Crippen molar-refractivity contribution in [3.8, 4) is 0 Å². The molecule has 1 saturated heterocycles. The summed E-state index contributed by atoms with van der Waals surface area (Å²) >= 11 is 3.39. The Morgan fingerprint density at radius 2 is 2.39 bits per heavy atom. The van der Waals surface area contributed by atoms with E-state index in [9.17, 15) is 4.79 Å². The van der Waals surface area contributed by atoms with Gasteiger partial charge < -0.3 is 10.6 Å². The maximum Gasteiger partial charge on any atom is 0.283 e. The van der Waals surface area contributed by atoms with Gasteiger partial charge in [0.05, 0.1) is 11.9 Å². The van der Waals surface area contributed by atoms with Crippen LogP contribution in [0.3, 0.4) is 0 Å². The van der Waals surface area contributed by atoms with Gasteiger partial charge in [0, 0.05) is 25.7 Å². The minimum atomic E-state index is -0.0701. The summed E-state index contributed by atoms with van der Waals surface area (Å²) in [7, 11) is 0. The molecule has 0 aliphatic carbocycles. The molecule has 100 valence electrons. The first-order valence-electron chi connectivity index (χ1n) is 6.30. The van der Waals surface area contributed by atoms with Crippen molar-refractivity contribution in [1.82, 2.24) is 9.78 Å². The topological polar surface area (TPSA) is 64.2 Å². The second-order valence-electron chi connectivity index (χ2n) is 4.82. The number of aromatic nitrogens is 2. The molecule has 0 radical (unpaired) electrons.